The lowest BCUT2D eigenvalue weighted by Gasteiger charge is -2.05. The zero-order valence-electron chi connectivity index (χ0n) is 9.89. The molecule has 1 rings (SSSR count). The Morgan fingerprint density at radius 3 is 2.58 bits per heavy atom. The molecule has 2 N–H and O–H groups in total. The smallest absolute Gasteiger partial charge is 0.304 e. The van der Waals surface area contributed by atoms with Crippen LogP contribution in [0.25, 0.3) is 0 Å². The van der Waals surface area contributed by atoms with E-state index in [9.17, 15) is 14.4 Å². The Morgan fingerprint density at radius 2 is 1.95 bits per heavy atom. The van der Waals surface area contributed by atoms with Crippen LogP contribution in [0.1, 0.15) is 16.8 Å². The molecule has 0 aliphatic rings. The van der Waals surface area contributed by atoms with E-state index in [0.29, 0.717) is 15.8 Å². The van der Waals surface area contributed by atoms with E-state index in [-0.39, 0.29) is 12.2 Å². The topological polar surface area (TPSA) is 83.5 Å². The van der Waals surface area contributed by atoms with E-state index < -0.39 is 17.8 Å². The first kappa shape index (κ1) is 15.7. The Labute approximate surface area is 122 Å². The van der Waals surface area contributed by atoms with Gasteiger partial charge in [-0.3, -0.25) is 19.7 Å². The molecule has 0 fully saturated rings. The molecule has 0 unspecified atom stereocenters. The van der Waals surface area contributed by atoms with E-state index in [2.05, 4.69) is 21.2 Å². The van der Waals surface area contributed by atoms with Gasteiger partial charge in [-0.1, -0.05) is 12.1 Å². The SMILES string of the molecule is O=C(O)CCSCC(=O)NC(=O)c1ccccc1Br. The second-order valence-corrected chi connectivity index (χ2v) is 5.51. The molecule has 0 aromatic heterocycles. The zero-order valence-corrected chi connectivity index (χ0v) is 12.3. The number of carboxylic acids is 1. The first-order valence-corrected chi connectivity index (χ1v) is 7.33. The summed E-state index contributed by atoms with van der Waals surface area (Å²) in [4.78, 5) is 33.5. The normalized spacial score (nSPS) is 9.95. The Hall–Kier alpha value is -1.34. The van der Waals surface area contributed by atoms with Crippen LogP contribution in [-0.2, 0) is 9.59 Å². The molecular weight excluding hydrogens is 334 g/mol. The standard InChI is InChI=1S/C12H12BrNO4S/c13-9-4-2-1-3-8(9)12(18)14-10(15)7-19-6-5-11(16)17/h1-4H,5-7H2,(H,16,17)(H,14,15,18). The number of rotatable bonds is 6. The lowest BCUT2D eigenvalue weighted by Crippen LogP contribution is -2.32. The van der Waals surface area contributed by atoms with Crippen LogP contribution in [-0.4, -0.2) is 34.4 Å². The number of aliphatic carboxylic acids is 1. The Balaban J connectivity index is 2.38. The van der Waals surface area contributed by atoms with E-state index in [1.54, 1.807) is 24.3 Å². The lowest BCUT2D eigenvalue weighted by atomic mass is 10.2. The van der Waals surface area contributed by atoms with Gasteiger partial charge < -0.3 is 5.11 Å². The van der Waals surface area contributed by atoms with Gasteiger partial charge in [-0.2, -0.15) is 11.8 Å². The number of halogens is 1. The van der Waals surface area contributed by atoms with E-state index in [1.165, 1.54) is 11.8 Å². The molecule has 2 amide bonds. The summed E-state index contributed by atoms with van der Waals surface area (Å²) in [6.07, 6.45) is -0.00384. The van der Waals surface area contributed by atoms with Crippen LogP contribution >= 0.6 is 27.7 Å². The van der Waals surface area contributed by atoms with Gasteiger partial charge in [-0.05, 0) is 28.1 Å². The van der Waals surface area contributed by atoms with Gasteiger partial charge >= 0.3 is 5.97 Å². The Bertz CT molecular complexity index is 492. The van der Waals surface area contributed by atoms with E-state index in [1.807, 2.05) is 0 Å². The second kappa shape index (κ2) is 7.96. The first-order valence-electron chi connectivity index (χ1n) is 5.39. The molecule has 1 aromatic rings. The summed E-state index contributed by atoms with van der Waals surface area (Å²) in [7, 11) is 0. The second-order valence-electron chi connectivity index (χ2n) is 3.55. The van der Waals surface area contributed by atoms with Crippen LogP contribution in [0.3, 0.4) is 0 Å². The molecule has 0 aliphatic heterocycles. The third kappa shape index (κ3) is 5.89. The van der Waals surface area contributed by atoms with Gasteiger partial charge in [0.15, 0.2) is 0 Å². The summed E-state index contributed by atoms with van der Waals surface area (Å²) in [6.45, 7) is 0. The van der Waals surface area contributed by atoms with Crippen molar-refractivity contribution in [3.8, 4) is 0 Å². The number of imide groups is 1. The maximum absolute atomic E-state index is 11.8. The number of carboxylic acid groups (broad SMARTS) is 1. The predicted octanol–water partition coefficient (Wildman–Crippen LogP) is 1.91. The minimum Gasteiger partial charge on any atom is -0.481 e. The monoisotopic (exact) mass is 345 g/mol. The van der Waals surface area contributed by atoms with Crippen LogP contribution in [0.5, 0.6) is 0 Å². The molecule has 7 heteroatoms. The van der Waals surface area contributed by atoms with Gasteiger partial charge in [-0.25, -0.2) is 0 Å². The van der Waals surface area contributed by atoms with E-state index >= 15 is 0 Å². The van der Waals surface area contributed by atoms with Gasteiger partial charge in [0.2, 0.25) is 5.91 Å². The van der Waals surface area contributed by atoms with E-state index in [0.717, 1.165) is 0 Å². The van der Waals surface area contributed by atoms with Gasteiger partial charge in [0.25, 0.3) is 5.91 Å². The highest BCUT2D eigenvalue weighted by Crippen LogP contribution is 2.15. The largest absolute Gasteiger partial charge is 0.481 e. The van der Waals surface area contributed by atoms with Crippen molar-refractivity contribution < 1.29 is 19.5 Å². The van der Waals surface area contributed by atoms with Crippen LogP contribution in [0.2, 0.25) is 0 Å². The molecule has 0 atom stereocenters. The predicted molar refractivity (Wildman–Crippen MR) is 76.2 cm³/mol. The summed E-state index contributed by atoms with van der Waals surface area (Å²) in [5, 5.41) is 10.7. The number of amides is 2. The molecule has 0 aliphatic carbocycles. The molecule has 0 saturated carbocycles. The third-order valence-corrected chi connectivity index (χ3v) is 3.72. The van der Waals surface area contributed by atoms with E-state index in [4.69, 9.17) is 5.11 Å². The van der Waals surface area contributed by atoms with Gasteiger partial charge in [0.1, 0.15) is 0 Å². The highest BCUT2D eigenvalue weighted by molar-refractivity contribution is 9.10. The summed E-state index contributed by atoms with van der Waals surface area (Å²) in [6, 6.07) is 6.78. The maximum Gasteiger partial charge on any atom is 0.304 e. The number of carbonyl (C=O) groups excluding carboxylic acids is 2. The Kier molecular flexibility index (Phi) is 6.58. The summed E-state index contributed by atoms with van der Waals surface area (Å²) in [5.74, 6) is -1.42. The van der Waals surface area contributed by atoms with Crippen molar-refractivity contribution >= 4 is 45.5 Å². The van der Waals surface area contributed by atoms with Crippen LogP contribution < -0.4 is 5.32 Å². The van der Waals surface area contributed by atoms with Crippen LogP contribution in [0.15, 0.2) is 28.7 Å². The molecule has 0 saturated heterocycles. The van der Waals surface area contributed by atoms with Gasteiger partial charge in [0, 0.05) is 10.2 Å². The quantitative estimate of drug-likeness (QED) is 0.769. The summed E-state index contributed by atoms with van der Waals surface area (Å²) in [5.41, 5.74) is 0.381. The molecule has 0 heterocycles. The van der Waals surface area contributed by atoms with Crippen LogP contribution in [0.4, 0.5) is 0 Å². The van der Waals surface area contributed by atoms with Crippen molar-refractivity contribution in [3.63, 3.8) is 0 Å². The van der Waals surface area contributed by atoms with Gasteiger partial charge in [0.05, 0.1) is 17.7 Å². The fraction of sp³-hybridized carbons (Fsp3) is 0.250. The molecule has 0 bridgehead atoms. The van der Waals surface area contributed by atoms with Gasteiger partial charge in [-0.15, -0.1) is 0 Å². The number of nitrogens with one attached hydrogen (secondary N) is 1. The molecule has 1 aromatic carbocycles. The fourth-order valence-electron chi connectivity index (χ4n) is 1.20. The van der Waals surface area contributed by atoms with Crippen molar-refractivity contribution in [2.75, 3.05) is 11.5 Å². The third-order valence-electron chi connectivity index (χ3n) is 2.06. The minimum atomic E-state index is -0.905. The zero-order chi connectivity index (χ0) is 14.3. The molecule has 19 heavy (non-hydrogen) atoms. The van der Waals surface area contributed by atoms with Crippen molar-refractivity contribution in [2.24, 2.45) is 0 Å². The molecule has 5 nitrogen and oxygen atoms in total. The first-order chi connectivity index (χ1) is 9.00. The summed E-state index contributed by atoms with van der Waals surface area (Å²) < 4.78 is 0.610. The average molecular weight is 346 g/mol. The number of hydrogen-bond acceptors (Lipinski definition) is 4. The van der Waals surface area contributed by atoms with Crippen molar-refractivity contribution in [1.29, 1.82) is 0 Å². The van der Waals surface area contributed by atoms with Crippen molar-refractivity contribution in [2.45, 2.75) is 6.42 Å². The highest BCUT2D eigenvalue weighted by atomic mass is 79.9. The lowest BCUT2D eigenvalue weighted by molar-refractivity contribution is -0.136. The fourth-order valence-corrected chi connectivity index (χ4v) is 2.39. The number of hydrogen-bond donors (Lipinski definition) is 2. The molecular formula is C12H12BrNO4S. The molecule has 0 spiro atoms. The van der Waals surface area contributed by atoms with Crippen molar-refractivity contribution in [3.05, 3.63) is 34.3 Å². The summed E-state index contributed by atoms with van der Waals surface area (Å²) >= 11 is 4.40. The number of thioether (sulfide) groups is 1. The number of carbonyl (C=O) groups is 3. The Morgan fingerprint density at radius 1 is 1.26 bits per heavy atom. The van der Waals surface area contributed by atoms with Crippen LogP contribution in [0, 0.1) is 0 Å². The highest BCUT2D eigenvalue weighted by Gasteiger charge is 2.12. The molecule has 102 valence electrons. The van der Waals surface area contributed by atoms with Crippen molar-refractivity contribution in [1.82, 2.24) is 5.32 Å². The number of benzene rings is 1. The average Bonchev–Trinajstić information content (AvgIpc) is 2.35. The molecule has 0 radical (unpaired) electrons. The minimum absolute atomic E-state index is 0.00384. The maximum atomic E-state index is 11.8.